The highest BCUT2D eigenvalue weighted by molar-refractivity contribution is 5.77. The van der Waals surface area contributed by atoms with E-state index in [9.17, 15) is 4.79 Å². The van der Waals surface area contributed by atoms with Crippen molar-refractivity contribution in [1.82, 2.24) is 5.32 Å². The van der Waals surface area contributed by atoms with E-state index < -0.39 is 0 Å². The number of amides is 1. The molecule has 2 atom stereocenters. The topological polar surface area (TPSA) is 64.4 Å². The molecule has 0 aromatic rings. The van der Waals surface area contributed by atoms with Crippen molar-refractivity contribution in [3.8, 4) is 0 Å². The Kier molecular flexibility index (Phi) is 4.62. The predicted molar refractivity (Wildman–Crippen MR) is 71.2 cm³/mol. The van der Waals surface area contributed by atoms with Crippen molar-refractivity contribution in [3.05, 3.63) is 0 Å². The van der Waals surface area contributed by atoms with Gasteiger partial charge in [0.05, 0.1) is 6.61 Å². The molecule has 2 rings (SSSR count). The minimum atomic E-state index is -0.256. The lowest BCUT2D eigenvalue weighted by molar-refractivity contribution is -0.123. The third kappa shape index (κ3) is 3.69. The Balaban J connectivity index is 1.76. The molecule has 1 amide bonds. The number of nitrogens with one attached hydrogen (secondary N) is 1. The highest BCUT2D eigenvalue weighted by Gasteiger charge is 2.31. The van der Waals surface area contributed by atoms with Gasteiger partial charge in [-0.3, -0.25) is 4.79 Å². The molecule has 2 unspecified atom stereocenters. The van der Waals surface area contributed by atoms with Crippen LogP contribution in [0.1, 0.15) is 51.9 Å². The molecule has 1 aliphatic heterocycles. The predicted octanol–water partition coefficient (Wildman–Crippen LogP) is 1.58. The van der Waals surface area contributed by atoms with E-state index in [-0.39, 0.29) is 17.5 Å². The van der Waals surface area contributed by atoms with Gasteiger partial charge < -0.3 is 15.8 Å². The summed E-state index contributed by atoms with van der Waals surface area (Å²) in [4.78, 5) is 12.1. The molecule has 18 heavy (non-hydrogen) atoms. The van der Waals surface area contributed by atoms with Crippen LogP contribution in [0.5, 0.6) is 0 Å². The zero-order chi connectivity index (χ0) is 13.0. The molecule has 0 spiro atoms. The van der Waals surface area contributed by atoms with Gasteiger partial charge in [0, 0.05) is 30.5 Å². The summed E-state index contributed by atoms with van der Waals surface area (Å²) in [5.41, 5.74) is 6.05. The maximum Gasteiger partial charge on any atom is 0.222 e. The van der Waals surface area contributed by atoms with Gasteiger partial charge in [0.1, 0.15) is 0 Å². The molecule has 0 aromatic heterocycles. The van der Waals surface area contributed by atoms with Gasteiger partial charge >= 0.3 is 0 Å². The molecular weight excluding hydrogens is 228 g/mol. The summed E-state index contributed by atoms with van der Waals surface area (Å²) < 4.78 is 5.35. The zero-order valence-corrected chi connectivity index (χ0v) is 11.4. The Morgan fingerprint density at radius 1 is 1.44 bits per heavy atom. The van der Waals surface area contributed by atoms with Crippen LogP contribution in [0, 0.1) is 5.92 Å². The Morgan fingerprint density at radius 3 is 2.78 bits per heavy atom. The number of carbonyl (C=O) groups excluding carboxylic acids is 1. The minimum Gasteiger partial charge on any atom is -0.381 e. The fourth-order valence-corrected chi connectivity index (χ4v) is 3.12. The summed E-state index contributed by atoms with van der Waals surface area (Å²) in [5.74, 6) is 0.577. The van der Waals surface area contributed by atoms with E-state index >= 15 is 0 Å². The third-order valence-electron chi connectivity index (χ3n) is 4.42. The largest absolute Gasteiger partial charge is 0.381 e. The SMILES string of the molecule is CC(NC(=O)CC1(N)CCCCC1)C1CCOC1. The smallest absolute Gasteiger partial charge is 0.222 e. The molecule has 0 aromatic carbocycles. The molecule has 4 nitrogen and oxygen atoms in total. The number of rotatable bonds is 4. The lowest BCUT2D eigenvalue weighted by Crippen LogP contribution is -2.48. The van der Waals surface area contributed by atoms with Gasteiger partial charge in [-0.25, -0.2) is 0 Å². The van der Waals surface area contributed by atoms with Gasteiger partial charge in [0.15, 0.2) is 0 Å². The van der Waals surface area contributed by atoms with E-state index in [2.05, 4.69) is 12.2 Å². The average molecular weight is 254 g/mol. The van der Waals surface area contributed by atoms with Crippen LogP contribution in [0.25, 0.3) is 0 Å². The summed E-state index contributed by atoms with van der Waals surface area (Å²) in [6.45, 7) is 3.67. The summed E-state index contributed by atoms with van der Waals surface area (Å²) >= 11 is 0. The Bertz CT molecular complexity index is 282. The molecule has 2 fully saturated rings. The van der Waals surface area contributed by atoms with Gasteiger partial charge in [-0.05, 0) is 26.2 Å². The van der Waals surface area contributed by atoms with Crippen LogP contribution >= 0.6 is 0 Å². The van der Waals surface area contributed by atoms with E-state index in [1.807, 2.05) is 0 Å². The van der Waals surface area contributed by atoms with Crippen molar-refractivity contribution in [3.63, 3.8) is 0 Å². The summed E-state index contributed by atoms with van der Waals surface area (Å²) in [7, 11) is 0. The second-order valence-electron chi connectivity index (χ2n) is 6.08. The van der Waals surface area contributed by atoms with E-state index in [0.29, 0.717) is 12.3 Å². The summed E-state index contributed by atoms with van der Waals surface area (Å²) in [5, 5.41) is 3.10. The number of hydrogen-bond donors (Lipinski definition) is 2. The van der Waals surface area contributed by atoms with Crippen molar-refractivity contribution >= 4 is 5.91 Å². The normalized spacial score (nSPS) is 28.9. The summed E-state index contributed by atoms with van der Waals surface area (Å²) in [6.07, 6.45) is 7.09. The van der Waals surface area contributed by atoms with Crippen LogP contribution in [0.15, 0.2) is 0 Å². The standard InChI is InChI=1S/C14H26N2O2/c1-11(12-5-8-18-10-12)16-13(17)9-14(15)6-3-2-4-7-14/h11-12H,2-10,15H2,1H3,(H,16,17). The fraction of sp³-hybridized carbons (Fsp3) is 0.929. The zero-order valence-electron chi connectivity index (χ0n) is 11.4. The molecule has 0 bridgehead atoms. The van der Waals surface area contributed by atoms with E-state index in [0.717, 1.165) is 45.3 Å². The fourth-order valence-electron chi connectivity index (χ4n) is 3.12. The molecule has 1 aliphatic carbocycles. The van der Waals surface area contributed by atoms with Crippen LogP contribution in [0.4, 0.5) is 0 Å². The third-order valence-corrected chi connectivity index (χ3v) is 4.42. The highest BCUT2D eigenvalue weighted by Crippen LogP contribution is 2.28. The highest BCUT2D eigenvalue weighted by atomic mass is 16.5. The number of ether oxygens (including phenoxy) is 1. The Hall–Kier alpha value is -0.610. The monoisotopic (exact) mass is 254 g/mol. The first-order valence-electron chi connectivity index (χ1n) is 7.25. The maximum absolute atomic E-state index is 12.1. The number of carbonyl (C=O) groups is 1. The molecule has 2 aliphatic rings. The van der Waals surface area contributed by atoms with E-state index in [1.165, 1.54) is 6.42 Å². The lowest BCUT2D eigenvalue weighted by atomic mass is 9.80. The van der Waals surface area contributed by atoms with E-state index in [4.69, 9.17) is 10.5 Å². The first-order valence-corrected chi connectivity index (χ1v) is 7.25. The van der Waals surface area contributed by atoms with Crippen LogP contribution in [0.3, 0.4) is 0 Å². The first kappa shape index (κ1) is 13.8. The van der Waals surface area contributed by atoms with E-state index in [1.54, 1.807) is 0 Å². The number of hydrogen-bond acceptors (Lipinski definition) is 3. The number of nitrogens with two attached hydrogens (primary N) is 1. The van der Waals surface area contributed by atoms with Gasteiger partial charge in [-0.1, -0.05) is 19.3 Å². The van der Waals surface area contributed by atoms with Crippen LogP contribution in [0.2, 0.25) is 0 Å². The van der Waals surface area contributed by atoms with Gasteiger partial charge in [-0.15, -0.1) is 0 Å². The molecular formula is C14H26N2O2. The second-order valence-corrected chi connectivity index (χ2v) is 6.08. The molecule has 1 saturated heterocycles. The lowest BCUT2D eigenvalue weighted by Gasteiger charge is -2.33. The molecule has 1 heterocycles. The van der Waals surface area contributed by atoms with Crippen molar-refractivity contribution < 1.29 is 9.53 Å². The van der Waals surface area contributed by atoms with Crippen molar-refractivity contribution in [2.24, 2.45) is 11.7 Å². The summed E-state index contributed by atoms with van der Waals surface area (Å²) in [6, 6.07) is 0.201. The second kappa shape index (κ2) is 6.02. The van der Waals surface area contributed by atoms with Crippen molar-refractivity contribution in [2.45, 2.75) is 63.5 Å². The quantitative estimate of drug-likeness (QED) is 0.800. The van der Waals surface area contributed by atoms with Crippen LogP contribution in [-0.2, 0) is 9.53 Å². The first-order chi connectivity index (χ1) is 8.59. The molecule has 1 saturated carbocycles. The maximum atomic E-state index is 12.1. The minimum absolute atomic E-state index is 0.110. The van der Waals surface area contributed by atoms with Gasteiger partial charge in [0.2, 0.25) is 5.91 Å². The van der Waals surface area contributed by atoms with Gasteiger partial charge in [0.25, 0.3) is 0 Å². The molecule has 3 N–H and O–H groups in total. The molecule has 0 radical (unpaired) electrons. The Labute approximate surface area is 110 Å². The van der Waals surface area contributed by atoms with Crippen molar-refractivity contribution in [2.75, 3.05) is 13.2 Å². The van der Waals surface area contributed by atoms with Crippen LogP contribution < -0.4 is 11.1 Å². The molecule has 104 valence electrons. The average Bonchev–Trinajstić information content (AvgIpc) is 2.82. The van der Waals surface area contributed by atoms with Crippen molar-refractivity contribution in [1.29, 1.82) is 0 Å². The molecule has 4 heteroatoms. The van der Waals surface area contributed by atoms with Gasteiger partial charge in [-0.2, -0.15) is 0 Å². The Morgan fingerprint density at radius 2 is 2.17 bits per heavy atom. The van der Waals surface area contributed by atoms with Crippen LogP contribution in [-0.4, -0.2) is 30.7 Å².